The molecule has 3 nitrogen and oxygen atoms in total. The maximum absolute atomic E-state index is 12.6. The molecule has 1 aromatic rings. The first-order chi connectivity index (χ1) is 8.26. The number of nitrogens with zero attached hydrogens (tertiary/aromatic N) is 2. The van der Waals surface area contributed by atoms with E-state index in [1.807, 2.05) is 13.8 Å². The van der Waals surface area contributed by atoms with E-state index < -0.39 is 18.6 Å². The van der Waals surface area contributed by atoms with Gasteiger partial charge >= 0.3 is 6.18 Å². The molecule has 0 aliphatic carbocycles. The summed E-state index contributed by atoms with van der Waals surface area (Å²) in [5, 5.41) is 7.10. The second-order valence-corrected chi connectivity index (χ2v) is 4.75. The van der Waals surface area contributed by atoms with Gasteiger partial charge in [0, 0.05) is 6.04 Å². The average molecular weight is 284 g/mol. The fourth-order valence-corrected chi connectivity index (χ4v) is 2.09. The van der Waals surface area contributed by atoms with Crippen molar-refractivity contribution < 1.29 is 13.2 Å². The number of nitrogens with one attached hydrogen (secondary N) is 1. The van der Waals surface area contributed by atoms with E-state index in [1.54, 1.807) is 6.92 Å². The third-order valence-corrected chi connectivity index (χ3v) is 2.78. The Hall–Kier alpha value is -0.750. The molecule has 1 unspecified atom stereocenters. The molecule has 104 valence electrons. The lowest BCUT2D eigenvalue weighted by molar-refractivity contribution is -0.140. The normalized spacial score (nSPS) is 14.2. The SMILES string of the molecule is CCNC(CC(F)(F)F)c1c(Cl)cnn1C(C)C. The predicted octanol–water partition coefficient (Wildman–Crippen LogP) is 3.72. The molecule has 0 saturated heterocycles. The summed E-state index contributed by atoms with van der Waals surface area (Å²) in [6.45, 7) is 5.89. The van der Waals surface area contributed by atoms with E-state index in [0.717, 1.165) is 0 Å². The molecule has 0 aromatic carbocycles. The molecule has 1 aromatic heterocycles. The van der Waals surface area contributed by atoms with Gasteiger partial charge in [0.2, 0.25) is 0 Å². The van der Waals surface area contributed by atoms with Gasteiger partial charge in [0.05, 0.1) is 29.4 Å². The Morgan fingerprint density at radius 2 is 2.06 bits per heavy atom. The van der Waals surface area contributed by atoms with Gasteiger partial charge in [-0.15, -0.1) is 0 Å². The van der Waals surface area contributed by atoms with Crippen LogP contribution >= 0.6 is 11.6 Å². The fraction of sp³-hybridized carbons (Fsp3) is 0.727. The zero-order valence-corrected chi connectivity index (χ0v) is 11.3. The summed E-state index contributed by atoms with van der Waals surface area (Å²) < 4.78 is 39.2. The summed E-state index contributed by atoms with van der Waals surface area (Å²) in [5.74, 6) is 0. The first-order valence-electron chi connectivity index (χ1n) is 5.79. The second kappa shape index (κ2) is 5.93. The largest absolute Gasteiger partial charge is 0.390 e. The minimum absolute atomic E-state index is 0.0399. The second-order valence-electron chi connectivity index (χ2n) is 4.35. The first-order valence-corrected chi connectivity index (χ1v) is 6.17. The van der Waals surface area contributed by atoms with Gasteiger partial charge in [0.15, 0.2) is 0 Å². The zero-order valence-electron chi connectivity index (χ0n) is 10.6. The highest BCUT2D eigenvalue weighted by molar-refractivity contribution is 6.31. The zero-order chi connectivity index (χ0) is 13.9. The Morgan fingerprint density at radius 3 is 2.50 bits per heavy atom. The van der Waals surface area contributed by atoms with Gasteiger partial charge < -0.3 is 5.32 Å². The lowest BCUT2D eigenvalue weighted by atomic mass is 10.1. The molecular weight excluding hydrogens is 267 g/mol. The summed E-state index contributed by atoms with van der Waals surface area (Å²) in [4.78, 5) is 0. The van der Waals surface area contributed by atoms with Crippen molar-refractivity contribution in [1.82, 2.24) is 15.1 Å². The summed E-state index contributed by atoms with van der Waals surface area (Å²) >= 11 is 5.96. The fourth-order valence-electron chi connectivity index (χ4n) is 1.83. The molecule has 0 radical (unpaired) electrons. The molecule has 0 aliphatic rings. The highest BCUT2D eigenvalue weighted by Crippen LogP contribution is 2.33. The molecule has 0 bridgehead atoms. The minimum atomic E-state index is -4.25. The molecule has 0 amide bonds. The number of alkyl halides is 3. The third-order valence-electron chi connectivity index (χ3n) is 2.49. The van der Waals surface area contributed by atoms with Crippen molar-refractivity contribution in [2.75, 3.05) is 6.54 Å². The van der Waals surface area contributed by atoms with Gasteiger partial charge in [0.1, 0.15) is 0 Å². The van der Waals surface area contributed by atoms with Gasteiger partial charge in [-0.2, -0.15) is 18.3 Å². The van der Waals surface area contributed by atoms with Crippen molar-refractivity contribution in [2.45, 2.75) is 45.5 Å². The van der Waals surface area contributed by atoms with Crippen LogP contribution in [0, 0.1) is 0 Å². The van der Waals surface area contributed by atoms with E-state index >= 15 is 0 Å². The Bertz CT molecular complexity index is 387. The lowest BCUT2D eigenvalue weighted by Gasteiger charge is -2.22. The van der Waals surface area contributed by atoms with E-state index in [-0.39, 0.29) is 11.1 Å². The third kappa shape index (κ3) is 3.88. The number of hydrogen-bond acceptors (Lipinski definition) is 2. The molecular formula is C11H17ClF3N3. The van der Waals surface area contributed by atoms with E-state index in [4.69, 9.17) is 11.6 Å². The quantitative estimate of drug-likeness (QED) is 0.892. The first kappa shape index (κ1) is 15.3. The van der Waals surface area contributed by atoms with Crippen molar-refractivity contribution in [2.24, 2.45) is 0 Å². The molecule has 0 spiro atoms. The standard InChI is InChI=1S/C11H17ClF3N3/c1-4-16-9(5-11(13,14)15)10-8(12)6-17-18(10)7(2)3/h6-7,9,16H,4-5H2,1-3H3. The van der Waals surface area contributed by atoms with Gasteiger partial charge in [0.25, 0.3) is 0 Å². The van der Waals surface area contributed by atoms with E-state index in [1.165, 1.54) is 10.9 Å². The Labute approximate surface area is 109 Å². The Morgan fingerprint density at radius 1 is 1.44 bits per heavy atom. The molecule has 18 heavy (non-hydrogen) atoms. The molecule has 0 aliphatic heterocycles. The van der Waals surface area contributed by atoms with Crippen molar-refractivity contribution >= 4 is 11.6 Å². The molecule has 1 N–H and O–H groups in total. The Balaban J connectivity index is 3.08. The molecule has 1 rings (SSSR count). The van der Waals surface area contributed by atoms with Gasteiger partial charge in [-0.25, -0.2) is 0 Å². The number of rotatable bonds is 5. The highest BCUT2D eigenvalue weighted by Gasteiger charge is 2.35. The number of halogens is 4. The van der Waals surface area contributed by atoms with E-state index in [0.29, 0.717) is 12.2 Å². The van der Waals surface area contributed by atoms with Crippen molar-refractivity contribution in [3.05, 3.63) is 16.9 Å². The van der Waals surface area contributed by atoms with Gasteiger partial charge in [-0.1, -0.05) is 18.5 Å². The molecule has 0 fully saturated rings. The van der Waals surface area contributed by atoms with Crippen LogP contribution in [0.1, 0.15) is 45.0 Å². The predicted molar refractivity (Wildman–Crippen MR) is 64.7 cm³/mol. The highest BCUT2D eigenvalue weighted by atomic mass is 35.5. The summed E-state index contributed by atoms with van der Waals surface area (Å²) in [6.07, 6.45) is -3.82. The monoisotopic (exact) mass is 283 g/mol. The maximum atomic E-state index is 12.6. The van der Waals surface area contributed by atoms with Gasteiger partial charge in [-0.3, -0.25) is 4.68 Å². The summed E-state index contributed by atoms with van der Waals surface area (Å²) in [7, 11) is 0. The van der Waals surface area contributed by atoms with Crippen LogP contribution in [0.4, 0.5) is 13.2 Å². The van der Waals surface area contributed by atoms with Crippen LogP contribution in [0.3, 0.4) is 0 Å². The van der Waals surface area contributed by atoms with Crippen LogP contribution < -0.4 is 5.32 Å². The van der Waals surface area contributed by atoms with Crippen LogP contribution in [0.2, 0.25) is 5.02 Å². The van der Waals surface area contributed by atoms with Crippen molar-refractivity contribution in [3.8, 4) is 0 Å². The molecule has 1 atom stereocenters. The summed E-state index contributed by atoms with van der Waals surface area (Å²) in [5.41, 5.74) is 0.394. The molecule has 1 heterocycles. The van der Waals surface area contributed by atoms with Gasteiger partial charge in [-0.05, 0) is 20.4 Å². The van der Waals surface area contributed by atoms with Crippen molar-refractivity contribution in [1.29, 1.82) is 0 Å². The van der Waals surface area contributed by atoms with Crippen LogP contribution in [0.15, 0.2) is 6.20 Å². The maximum Gasteiger partial charge on any atom is 0.390 e. The number of hydrogen-bond donors (Lipinski definition) is 1. The van der Waals surface area contributed by atoms with Crippen molar-refractivity contribution in [3.63, 3.8) is 0 Å². The van der Waals surface area contributed by atoms with Crippen LogP contribution in [-0.4, -0.2) is 22.5 Å². The van der Waals surface area contributed by atoms with Crippen LogP contribution in [-0.2, 0) is 0 Å². The minimum Gasteiger partial charge on any atom is -0.309 e. The summed E-state index contributed by atoms with van der Waals surface area (Å²) in [6, 6.07) is -0.908. The molecule has 7 heteroatoms. The van der Waals surface area contributed by atoms with E-state index in [9.17, 15) is 13.2 Å². The Kier molecular flexibility index (Phi) is 5.04. The van der Waals surface area contributed by atoms with E-state index in [2.05, 4.69) is 10.4 Å². The van der Waals surface area contributed by atoms with Crippen LogP contribution in [0.5, 0.6) is 0 Å². The topological polar surface area (TPSA) is 29.9 Å². The number of aromatic nitrogens is 2. The average Bonchev–Trinajstić information content (AvgIpc) is 2.57. The van der Waals surface area contributed by atoms with Crippen LogP contribution in [0.25, 0.3) is 0 Å². The molecule has 0 saturated carbocycles. The smallest absolute Gasteiger partial charge is 0.309 e. The lowest BCUT2D eigenvalue weighted by Crippen LogP contribution is -2.29.